The van der Waals surface area contributed by atoms with Gasteiger partial charge in [0.05, 0.1) is 16.6 Å². The van der Waals surface area contributed by atoms with Crippen molar-refractivity contribution < 1.29 is 9.59 Å². The molecule has 0 saturated carbocycles. The summed E-state index contributed by atoms with van der Waals surface area (Å²) in [7, 11) is 0. The molecule has 39 heavy (non-hydrogen) atoms. The summed E-state index contributed by atoms with van der Waals surface area (Å²) in [6.07, 6.45) is 3.22. The van der Waals surface area contributed by atoms with Crippen LogP contribution in [-0.2, 0) is 25.9 Å². The van der Waals surface area contributed by atoms with E-state index in [1.54, 1.807) is 0 Å². The zero-order valence-electron chi connectivity index (χ0n) is 21.2. The molecule has 1 aliphatic carbocycles. The van der Waals surface area contributed by atoms with Crippen LogP contribution >= 0.6 is 11.6 Å². The van der Waals surface area contributed by atoms with E-state index in [4.69, 9.17) is 17.3 Å². The van der Waals surface area contributed by atoms with E-state index in [1.807, 2.05) is 60.7 Å². The van der Waals surface area contributed by atoms with Crippen molar-refractivity contribution in [1.29, 1.82) is 0 Å². The number of fused-ring (bicyclic) bond motifs is 2. The molecule has 0 unspecified atom stereocenters. The van der Waals surface area contributed by atoms with Crippen molar-refractivity contribution in [2.45, 2.75) is 32.0 Å². The number of nitrogens with zero attached hydrogens (tertiary/aromatic N) is 1. The second-order valence-corrected chi connectivity index (χ2v) is 9.72. The second kappa shape index (κ2) is 12.0. The Morgan fingerprint density at radius 3 is 2.23 bits per heavy atom. The number of carbonyl (C=O) groups excluding carboxylic acids is 2. The number of benzene rings is 3. The van der Waals surface area contributed by atoms with Gasteiger partial charge in [0, 0.05) is 19.3 Å². The van der Waals surface area contributed by atoms with Gasteiger partial charge in [0.1, 0.15) is 0 Å². The maximum absolute atomic E-state index is 12.9. The van der Waals surface area contributed by atoms with E-state index in [-0.39, 0.29) is 22.8 Å². The highest BCUT2D eigenvalue weighted by Gasteiger charge is 2.24. The molecule has 4 aromatic rings. The number of hydrazine groups is 1. The number of hydrogen-bond acceptors (Lipinski definition) is 5. The zero-order valence-corrected chi connectivity index (χ0v) is 22.0. The van der Waals surface area contributed by atoms with Crippen molar-refractivity contribution in [1.82, 2.24) is 21.0 Å². The van der Waals surface area contributed by atoms with Crippen LogP contribution in [0.15, 0.2) is 85.1 Å². The van der Waals surface area contributed by atoms with Gasteiger partial charge in [0.15, 0.2) is 5.82 Å². The van der Waals surface area contributed by atoms with Crippen LogP contribution in [-0.4, -0.2) is 16.9 Å². The number of nitrogens with two attached hydrogens (primary N) is 1. The van der Waals surface area contributed by atoms with Gasteiger partial charge < -0.3 is 16.4 Å². The Morgan fingerprint density at radius 1 is 0.897 bits per heavy atom. The van der Waals surface area contributed by atoms with Gasteiger partial charge in [0.2, 0.25) is 0 Å². The van der Waals surface area contributed by atoms with Gasteiger partial charge in [-0.1, -0.05) is 84.4 Å². The van der Waals surface area contributed by atoms with Crippen molar-refractivity contribution in [3.8, 4) is 0 Å². The van der Waals surface area contributed by atoms with E-state index >= 15 is 0 Å². The average molecular weight is 541 g/mol. The molecule has 6 N–H and O–H groups in total. The number of amides is 3. The Labute approximate surface area is 232 Å². The van der Waals surface area contributed by atoms with Gasteiger partial charge in [-0.3, -0.25) is 15.6 Å². The van der Waals surface area contributed by atoms with Crippen LogP contribution in [0.1, 0.15) is 49.8 Å². The first kappa shape index (κ1) is 26.2. The quantitative estimate of drug-likeness (QED) is 0.219. The predicted molar refractivity (Wildman–Crippen MR) is 152 cm³/mol. The highest BCUT2D eigenvalue weighted by Crippen LogP contribution is 2.32. The number of pyridine rings is 1. The van der Waals surface area contributed by atoms with Crippen LogP contribution in [0.3, 0.4) is 0 Å². The third-order valence-electron chi connectivity index (χ3n) is 6.75. The van der Waals surface area contributed by atoms with Crippen molar-refractivity contribution in [2.24, 2.45) is 5.73 Å². The number of aryl methyl sites for hydroxylation is 2. The van der Waals surface area contributed by atoms with Crippen LogP contribution < -0.4 is 27.2 Å². The predicted octanol–water partition coefficient (Wildman–Crippen LogP) is 4.64. The summed E-state index contributed by atoms with van der Waals surface area (Å²) in [6, 6.07) is 24.8. The number of halogens is 1. The first-order chi connectivity index (χ1) is 19.0. The molecular weight excluding hydrogens is 512 g/mol. The van der Waals surface area contributed by atoms with E-state index in [0.717, 1.165) is 35.1 Å². The minimum atomic E-state index is -0.439. The Balaban J connectivity index is 1.22. The van der Waals surface area contributed by atoms with Gasteiger partial charge in [-0.25, -0.2) is 9.78 Å². The summed E-state index contributed by atoms with van der Waals surface area (Å²) in [5.41, 5.74) is 17.8. The van der Waals surface area contributed by atoms with Crippen molar-refractivity contribution in [3.63, 3.8) is 0 Å². The van der Waals surface area contributed by atoms with Crippen molar-refractivity contribution >= 4 is 29.4 Å². The molecule has 1 aliphatic rings. The maximum atomic E-state index is 12.9. The highest BCUT2D eigenvalue weighted by molar-refractivity contribution is 6.33. The summed E-state index contributed by atoms with van der Waals surface area (Å²) >= 11 is 6.37. The Kier molecular flexibility index (Phi) is 8.05. The molecule has 1 aromatic heterocycles. The van der Waals surface area contributed by atoms with E-state index in [0.29, 0.717) is 18.7 Å². The molecule has 0 radical (unpaired) electrons. The van der Waals surface area contributed by atoms with Gasteiger partial charge in [-0.15, -0.1) is 0 Å². The number of urea groups is 1. The molecule has 1 heterocycles. The van der Waals surface area contributed by atoms with Gasteiger partial charge in [0.25, 0.3) is 5.91 Å². The third-order valence-corrected chi connectivity index (χ3v) is 7.04. The summed E-state index contributed by atoms with van der Waals surface area (Å²) in [5, 5.41) is 6.12. The van der Waals surface area contributed by atoms with E-state index in [1.165, 1.54) is 23.4 Å². The van der Waals surface area contributed by atoms with Crippen LogP contribution in [0.25, 0.3) is 0 Å². The summed E-state index contributed by atoms with van der Waals surface area (Å²) in [4.78, 5) is 29.8. The third kappa shape index (κ3) is 6.19. The van der Waals surface area contributed by atoms with Gasteiger partial charge in [-0.2, -0.15) is 0 Å². The zero-order chi connectivity index (χ0) is 27.2. The fourth-order valence-corrected chi connectivity index (χ4v) is 4.98. The fraction of sp³-hybridized carbons (Fsp3) is 0.167. The van der Waals surface area contributed by atoms with Gasteiger partial charge in [-0.05, 0) is 52.3 Å². The first-order valence-electron chi connectivity index (χ1n) is 12.7. The maximum Gasteiger partial charge on any atom is 0.334 e. The molecule has 5 rings (SSSR count). The lowest BCUT2D eigenvalue weighted by Gasteiger charge is -2.22. The molecule has 0 saturated heterocycles. The van der Waals surface area contributed by atoms with Crippen molar-refractivity contribution in [2.75, 3.05) is 5.43 Å². The monoisotopic (exact) mass is 540 g/mol. The van der Waals surface area contributed by atoms with E-state index in [2.05, 4.69) is 38.6 Å². The van der Waals surface area contributed by atoms with E-state index in [9.17, 15) is 9.59 Å². The smallest absolute Gasteiger partial charge is 0.334 e. The normalized spacial score (nSPS) is 12.5. The highest BCUT2D eigenvalue weighted by atomic mass is 35.5. The van der Waals surface area contributed by atoms with E-state index < -0.39 is 6.03 Å². The lowest BCUT2D eigenvalue weighted by molar-refractivity contribution is 0.0950. The molecule has 9 heteroatoms. The Morgan fingerprint density at radius 2 is 1.56 bits per heavy atom. The summed E-state index contributed by atoms with van der Waals surface area (Å²) in [5.74, 6) is -0.0915. The minimum absolute atomic E-state index is 0.193. The number of carbonyl (C=O) groups is 2. The van der Waals surface area contributed by atoms with Crippen LogP contribution in [0.2, 0.25) is 5.02 Å². The molecule has 0 spiro atoms. The molecule has 3 amide bonds. The molecule has 0 aliphatic heterocycles. The molecule has 8 nitrogen and oxygen atoms in total. The lowest BCUT2D eigenvalue weighted by atomic mass is 9.95. The number of rotatable bonds is 7. The average Bonchev–Trinajstić information content (AvgIpc) is 3.12. The van der Waals surface area contributed by atoms with Crippen LogP contribution in [0, 0.1) is 0 Å². The standard InChI is InChI=1S/C30H29ClN6O2/c31-26-15-23(29(38)34-17-20-7-5-6-19(14-20)16-32)18-33-28(26)36-37-30(39)35-27-24-10-3-1-8-21(24)12-13-22-9-2-4-11-25(22)27/h1-11,14-15,18,27H,12-13,16-17,32H2,(H,33,36)(H,34,38)(H2,35,37,39). The molecule has 0 atom stereocenters. The van der Waals surface area contributed by atoms with Crippen molar-refractivity contribution in [3.05, 3.63) is 129 Å². The molecule has 0 fully saturated rings. The summed E-state index contributed by atoms with van der Waals surface area (Å²) in [6.45, 7) is 0.780. The number of anilines is 1. The largest absolute Gasteiger partial charge is 0.348 e. The molecular formula is C30H29ClN6O2. The molecule has 0 bridgehead atoms. The number of hydrogen-bond donors (Lipinski definition) is 5. The fourth-order valence-electron chi connectivity index (χ4n) is 4.77. The topological polar surface area (TPSA) is 121 Å². The summed E-state index contributed by atoms with van der Waals surface area (Å²) < 4.78 is 0. The first-order valence-corrected chi connectivity index (χ1v) is 13.1. The molecule has 3 aromatic carbocycles. The number of aromatic nitrogens is 1. The minimum Gasteiger partial charge on any atom is -0.348 e. The SMILES string of the molecule is NCc1cccc(CNC(=O)c2cnc(NNC(=O)NC3c4ccccc4CCc4ccccc43)c(Cl)c2)c1. The van der Waals surface area contributed by atoms with Crippen LogP contribution in [0.4, 0.5) is 10.6 Å². The van der Waals surface area contributed by atoms with Crippen LogP contribution in [0.5, 0.6) is 0 Å². The number of nitrogens with one attached hydrogen (secondary N) is 4. The lowest BCUT2D eigenvalue weighted by Crippen LogP contribution is -2.41. The Hall–Kier alpha value is -4.40. The molecule has 198 valence electrons. The Bertz CT molecular complexity index is 1460. The van der Waals surface area contributed by atoms with Gasteiger partial charge >= 0.3 is 6.03 Å². The second-order valence-electron chi connectivity index (χ2n) is 9.32.